The summed E-state index contributed by atoms with van der Waals surface area (Å²) in [7, 11) is 0. The molecule has 0 N–H and O–H groups in total. The van der Waals surface area contributed by atoms with Crippen molar-refractivity contribution >= 4 is 11.6 Å². The maximum atomic E-state index is 5.89. The SMILES string of the molecule is CCN(CC)C(C)C/C(=N/c1ccccc1)OC(C)C. The van der Waals surface area contributed by atoms with Crippen LogP contribution in [-0.4, -0.2) is 36.0 Å². The lowest BCUT2D eigenvalue weighted by atomic mass is 10.2. The second-order valence-electron chi connectivity index (χ2n) is 5.28. The summed E-state index contributed by atoms with van der Waals surface area (Å²) < 4.78 is 5.89. The number of para-hydroxylation sites is 1. The van der Waals surface area contributed by atoms with Crippen LogP contribution in [0.4, 0.5) is 5.69 Å². The third-order valence-corrected chi connectivity index (χ3v) is 3.29. The molecule has 0 aliphatic carbocycles. The van der Waals surface area contributed by atoms with Gasteiger partial charge >= 0.3 is 0 Å². The number of rotatable bonds is 7. The molecule has 20 heavy (non-hydrogen) atoms. The molecule has 0 fully saturated rings. The van der Waals surface area contributed by atoms with E-state index >= 15 is 0 Å². The van der Waals surface area contributed by atoms with Gasteiger partial charge in [-0.3, -0.25) is 0 Å². The van der Waals surface area contributed by atoms with Gasteiger partial charge in [-0.05, 0) is 46.0 Å². The third kappa shape index (κ3) is 5.74. The average molecular weight is 276 g/mol. The number of ether oxygens (including phenoxy) is 1. The number of aliphatic imine (C=N–C) groups is 1. The van der Waals surface area contributed by atoms with Gasteiger partial charge in [-0.15, -0.1) is 0 Å². The molecule has 0 heterocycles. The van der Waals surface area contributed by atoms with Crippen molar-refractivity contribution < 1.29 is 4.74 Å². The normalized spacial score (nSPS) is 13.8. The quantitative estimate of drug-likeness (QED) is 0.549. The Morgan fingerprint density at radius 3 is 2.20 bits per heavy atom. The standard InChI is InChI=1S/C17H28N2O/c1-6-19(7-2)15(5)13-17(20-14(3)4)18-16-11-9-8-10-12-16/h8-12,14-15H,6-7,13H2,1-5H3/b18-17-. The summed E-state index contributed by atoms with van der Waals surface area (Å²) in [5.41, 5.74) is 0.954. The summed E-state index contributed by atoms with van der Waals surface area (Å²) in [4.78, 5) is 7.08. The minimum absolute atomic E-state index is 0.154. The van der Waals surface area contributed by atoms with E-state index < -0.39 is 0 Å². The summed E-state index contributed by atoms with van der Waals surface area (Å²) in [6.45, 7) is 12.8. The second-order valence-corrected chi connectivity index (χ2v) is 5.28. The van der Waals surface area contributed by atoms with Crippen LogP contribution in [0.2, 0.25) is 0 Å². The molecule has 1 unspecified atom stereocenters. The average Bonchev–Trinajstić information content (AvgIpc) is 2.40. The Kier molecular flexibility index (Phi) is 7.31. The fourth-order valence-electron chi connectivity index (χ4n) is 2.27. The number of nitrogens with zero attached hydrogens (tertiary/aromatic N) is 2. The molecule has 0 spiro atoms. The molecule has 0 saturated carbocycles. The Morgan fingerprint density at radius 2 is 1.70 bits per heavy atom. The lowest BCUT2D eigenvalue weighted by molar-refractivity contribution is 0.194. The first-order valence-corrected chi connectivity index (χ1v) is 7.60. The topological polar surface area (TPSA) is 24.8 Å². The van der Waals surface area contributed by atoms with Crippen LogP contribution in [0.25, 0.3) is 0 Å². The van der Waals surface area contributed by atoms with Crippen molar-refractivity contribution in [3.63, 3.8) is 0 Å². The fraction of sp³-hybridized carbons (Fsp3) is 0.588. The Labute approximate surface area is 123 Å². The van der Waals surface area contributed by atoms with Crippen LogP contribution in [0.5, 0.6) is 0 Å². The molecule has 0 bridgehead atoms. The molecular weight excluding hydrogens is 248 g/mol. The van der Waals surface area contributed by atoms with E-state index in [4.69, 9.17) is 4.74 Å². The monoisotopic (exact) mass is 276 g/mol. The van der Waals surface area contributed by atoms with Crippen molar-refractivity contribution in [3.05, 3.63) is 30.3 Å². The molecule has 3 heteroatoms. The fourth-order valence-corrected chi connectivity index (χ4v) is 2.27. The summed E-state index contributed by atoms with van der Waals surface area (Å²) in [6, 6.07) is 10.4. The molecule has 0 aliphatic rings. The van der Waals surface area contributed by atoms with Crippen molar-refractivity contribution in [2.75, 3.05) is 13.1 Å². The summed E-state index contributed by atoms with van der Waals surface area (Å²) in [5.74, 6) is 0.825. The predicted octanol–water partition coefficient (Wildman–Crippen LogP) is 4.26. The van der Waals surface area contributed by atoms with E-state index in [2.05, 4.69) is 30.7 Å². The molecular formula is C17H28N2O. The summed E-state index contributed by atoms with van der Waals surface area (Å²) >= 11 is 0. The van der Waals surface area contributed by atoms with E-state index in [-0.39, 0.29) is 6.10 Å². The van der Waals surface area contributed by atoms with E-state index in [1.54, 1.807) is 0 Å². The molecule has 0 aromatic heterocycles. The van der Waals surface area contributed by atoms with Gasteiger partial charge in [-0.25, -0.2) is 4.99 Å². The van der Waals surface area contributed by atoms with Crippen molar-refractivity contribution in [1.29, 1.82) is 0 Å². The van der Waals surface area contributed by atoms with Gasteiger partial charge in [-0.2, -0.15) is 0 Å². The highest BCUT2D eigenvalue weighted by Crippen LogP contribution is 2.14. The maximum Gasteiger partial charge on any atom is 0.190 e. The van der Waals surface area contributed by atoms with Gasteiger partial charge in [0, 0.05) is 12.5 Å². The van der Waals surface area contributed by atoms with Crippen LogP contribution < -0.4 is 0 Å². The summed E-state index contributed by atoms with van der Waals surface area (Å²) in [6.07, 6.45) is 0.996. The van der Waals surface area contributed by atoms with Gasteiger partial charge < -0.3 is 9.64 Å². The van der Waals surface area contributed by atoms with Crippen molar-refractivity contribution in [2.24, 2.45) is 4.99 Å². The van der Waals surface area contributed by atoms with Gasteiger partial charge in [0.1, 0.15) is 0 Å². The zero-order chi connectivity index (χ0) is 15.0. The zero-order valence-electron chi connectivity index (χ0n) is 13.5. The molecule has 1 atom stereocenters. The zero-order valence-corrected chi connectivity index (χ0v) is 13.5. The third-order valence-electron chi connectivity index (χ3n) is 3.29. The first kappa shape index (κ1) is 16.7. The minimum atomic E-state index is 0.154. The van der Waals surface area contributed by atoms with Crippen LogP contribution >= 0.6 is 0 Å². The second kappa shape index (κ2) is 8.75. The van der Waals surface area contributed by atoms with E-state index in [9.17, 15) is 0 Å². The van der Waals surface area contributed by atoms with Gasteiger partial charge in [0.2, 0.25) is 0 Å². The molecule has 0 aliphatic heterocycles. The van der Waals surface area contributed by atoms with Gasteiger partial charge in [0.25, 0.3) is 0 Å². The van der Waals surface area contributed by atoms with Crippen molar-refractivity contribution in [2.45, 2.75) is 53.2 Å². The molecule has 1 aromatic rings. The molecule has 1 rings (SSSR count). The largest absolute Gasteiger partial charge is 0.478 e. The Hall–Kier alpha value is -1.35. The lowest BCUT2D eigenvalue weighted by Gasteiger charge is -2.27. The van der Waals surface area contributed by atoms with E-state index in [0.717, 1.165) is 31.1 Å². The van der Waals surface area contributed by atoms with Crippen molar-refractivity contribution in [1.82, 2.24) is 4.90 Å². The Bertz CT molecular complexity index is 397. The molecule has 1 aromatic carbocycles. The number of hydrogen-bond acceptors (Lipinski definition) is 3. The van der Waals surface area contributed by atoms with E-state index in [1.807, 2.05) is 44.2 Å². The van der Waals surface area contributed by atoms with E-state index in [1.165, 1.54) is 0 Å². The highest BCUT2D eigenvalue weighted by atomic mass is 16.5. The van der Waals surface area contributed by atoms with Crippen LogP contribution in [-0.2, 0) is 4.74 Å². The van der Waals surface area contributed by atoms with Crippen molar-refractivity contribution in [3.8, 4) is 0 Å². The van der Waals surface area contributed by atoms with Crippen LogP contribution in [0.15, 0.2) is 35.3 Å². The van der Waals surface area contributed by atoms with Gasteiger partial charge in [-0.1, -0.05) is 32.0 Å². The maximum absolute atomic E-state index is 5.89. The molecule has 0 radical (unpaired) electrons. The highest BCUT2D eigenvalue weighted by molar-refractivity contribution is 5.80. The molecule has 3 nitrogen and oxygen atoms in total. The smallest absolute Gasteiger partial charge is 0.190 e. The van der Waals surface area contributed by atoms with Gasteiger partial charge in [0.15, 0.2) is 5.90 Å². The van der Waals surface area contributed by atoms with Gasteiger partial charge in [0.05, 0.1) is 11.8 Å². The minimum Gasteiger partial charge on any atom is -0.478 e. The predicted molar refractivity (Wildman–Crippen MR) is 86.8 cm³/mol. The Balaban J connectivity index is 2.82. The lowest BCUT2D eigenvalue weighted by Crippen LogP contribution is -2.35. The first-order chi connectivity index (χ1) is 9.56. The van der Waals surface area contributed by atoms with Crippen LogP contribution in [0.3, 0.4) is 0 Å². The molecule has 0 saturated heterocycles. The number of benzene rings is 1. The first-order valence-electron chi connectivity index (χ1n) is 7.60. The molecule has 0 amide bonds. The van der Waals surface area contributed by atoms with Crippen LogP contribution in [0.1, 0.15) is 41.0 Å². The van der Waals surface area contributed by atoms with Crippen LogP contribution in [0, 0.1) is 0 Å². The summed E-state index contributed by atoms with van der Waals surface area (Å²) in [5, 5.41) is 0. The number of hydrogen-bond donors (Lipinski definition) is 0. The highest BCUT2D eigenvalue weighted by Gasteiger charge is 2.15. The van der Waals surface area contributed by atoms with E-state index in [0.29, 0.717) is 6.04 Å². The molecule has 112 valence electrons. The Morgan fingerprint density at radius 1 is 1.10 bits per heavy atom.